The molecule has 7 heteroatoms. The monoisotopic (exact) mass is 453 g/mol. The molecule has 162 valence electrons. The van der Waals surface area contributed by atoms with Crippen LogP contribution in [0.4, 0.5) is 8.78 Å². The molecule has 1 N–H and O–H groups in total. The first-order valence-corrected chi connectivity index (χ1v) is 10.1. The molecule has 0 amide bonds. The van der Waals surface area contributed by atoms with Crippen LogP contribution in [0.15, 0.2) is 79.0 Å². The summed E-state index contributed by atoms with van der Waals surface area (Å²) in [6.07, 6.45) is 1.77. The number of ether oxygens (including phenoxy) is 1. The number of aromatic carboxylic acids is 1. The molecule has 0 spiro atoms. The van der Waals surface area contributed by atoms with Gasteiger partial charge in [0.25, 0.3) is 0 Å². The summed E-state index contributed by atoms with van der Waals surface area (Å²) in [6.45, 7) is 0.281. The number of hydrogen-bond acceptors (Lipinski definition) is 2. The van der Waals surface area contributed by atoms with Gasteiger partial charge in [0.1, 0.15) is 29.7 Å². The van der Waals surface area contributed by atoms with E-state index in [2.05, 4.69) is 0 Å². The van der Waals surface area contributed by atoms with E-state index in [9.17, 15) is 18.7 Å². The highest BCUT2D eigenvalue weighted by atomic mass is 35.5. The number of rotatable bonds is 7. The molecule has 0 saturated carbocycles. The Morgan fingerprint density at radius 2 is 1.66 bits per heavy atom. The van der Waals surface area contributed by atoms with Crippen LogP contribution in [0.2, 0.25) is 5.02 Å². The summed E-state index contributed by atoms with van der Waals surface area (Å²) >= 11 is 5.92. The SMILES string of the molecule is O=C(O)c1cc(-c2ccc(OCc3cc(F)ccc3F)cc2)cn1Cc1ccc(Cl)cc1. The second-order valence-electron chi connectivity index (χ2n) is 7.22. The highest BCUT2D eigenvalue weighted by molar-refractivity contribution is 6.30. The largest absolute Gasteiger partial charge is 0.489 e. The van der Waals surface area contributed by atoms with Crippen LogP contribution in [-0.4, -0.2) is 15.6 Å². The summed E-state index contributed by atoms with van der Waals surface area (Å²) in [6, 6.07) is 19.0. The minimum Gasteiger partial charge on any atom is -0.489 e. The summed E-state index contributed by atoms with van der Waals surface area (Å²) in [7, 11) is 0. The lowest BCUT2D eigenvalue weighted by atomic mass is 10.1. The highest BCUT2D eigenvalue weighted by Gasteiger charge is 2.14. The van der Waals surface area contributed by atoms with Crippen LogP contribution in [0.3, 0.4) is 0 Å². The maximum absolute atomic E-state index is 13.7. The summed E-state index contributed by atoms with van der Waals surface area (Å²) in [5, 5.41) is 10.2. The average molecular weight is 454 g/mol. The minimum atomic E-state index is -1.03. The number of halogens is 3. The standard InChI is InChI=1S/C25H18ClF2NO3/c26-20-5-1-16(2-6-20)13-29-14-18(12-24(29)25(30)31)17-3-8-22(9-4-17)32-15-19-11-21(27)7-10-23(19)28/h1-12,14H,13,15H2,(H,30,31). The molecule has 0 fully saturated rings. The zero-order chi connectivity index (χ0) is 22.7. The van der Waals surface area contributed by atoms with Crippen LogP contribution < -0.4 is 4.74 Å². The smallest absolute Gasteiger partial charge is 0.352 e. The number of aromatic nitrogens is 1. The highest BCUT2D eigenvalue weighted by Crippen LogP contribution is 2.26. The van der Waals surface area contributed by atoms with Gasteiger partial charge in [-0.1, -0.05) is 35.9 Å². The fraction of sp³-hybridized carbons (Fsp3) is 0.0800. The van der Waals surface area contributed by atoms with Crippen molar-refractivity contribution in [2.24, 2.45) is 0 Å². The fourth-order valence-corrected chi connectivity index (χ4v) is 3.45. The minimum absolute atomic E-state index is 0.108. The molecule has 0 unspecified atom stereocenters. The van der Waals surface area contributed by atoms with E-state index in [4.69, 9.17) is 16.3 Å². The van der Waals surface area contributed by atoms with Crippen molar-refractivity contribution in [3.05, 3.63) is 112 Å². The first-order valence-electron chi connectivity index (χ1n) is 9.74. The van der Waals surface area contributed by atoms with Gasteiger partial charge in [0.15, 0.2) is 0 Å². The summed E-state index contributed by atoms with van der Waals surface area (Å²) in [5.74, 6) is -1.61. The van der Waals surface area contributed by atoms with Crippen LogP contribution in [0.5, 0.6) is 5.75 Å². The van der Waals surface area contributed by atoms with Crippen molar-refractivity contribution in [1.82, 2.24) is 4.57 Å². The molecule has 3 aromatic carbocycles. The van der Waals surface area contributed by atoms with Crippen molar-refractivity contribution in [3.63, 3.8) is 0 Å². The van der Waals surface area contributed by atoms with Gasteiger partial charge >= 0.3 is 5.97 Å². The van der Waals surface area contributed by atoms with E-state index < -0.39 is 17.6 Å². The van der Waals surface area contributed by atoms with Gasteiger partial charge in [-0.05, 0) is 59.7 Å². The van der Waals surface area contributed by atoms with Crippen LogP contribution >= 0.6 is 11.6 Å². The Labute approximate surface area is 188 Å². The third-order valence-electron chi connectivity index (χ3n) is 4.97. The van der Waals surface area contributed by atoms with Crippen molar-refractivity contribution in [3.8, 4) is 16.9 Å². The van der Waals surface area contributed by atoms with Crippen molar-refractivity contribution >= 4 is 17.6 Å². The molecule has 1 aromatic heterocycles. The maximum Gasteiger partial charge on any atom is 0.352 e. The van der Waals surface area contributed by atoms with Crippen molar-refractivity contribution < 1.29 is 23.4 Å². The molecule has 0 aliphatic heterocycles. The number of carboxylic acid groups (broad SMARTS) is 1. The van der Waals surface area contributed by atoms with Gasteiger partial charge in [0.05, 0.1) is 0 Å². The third kappa shape index (κ3) is 4.98. The number of benzene rings is 3. The van der Waals surface area contributed by atoms with Gasteiger partial charge in [-0.2, -0.15) is 0 Å². The first kappa shape index (κ1) is 21.6. The number of hydrogen-bond donors (Lipinski definition) is 1. The zero-order valence-electron chi connectivity index (χ0n) is 16.8. The van der Waals surface area contributed by atoms with Crippen molar-refractivity contribution in [1.29, 1.82) is 0 Å². The Hall–Kier alpha value is -3.64. The molecule has 0 aliphatic carbocycles. The lowest BCUT2D eigenvalue weighted by molar-refractivity contribution is 0.0685. The average Bonchev–Trinajstić information content (AvgIpc) is 3.20. The molecule has 0 saturated heterocycles. The molecular weight excluding hydrogens is 436 g/mol. The van der Waals surface area contributed by atoms with Crippen LogP contribution in [0, 0.1) is 11.6 Å². The summed E-state index contributed by atoms with van der Waals surface area (Å²) in [4.78, 5) is 11.7. The molecule has 4 rings (SSSR count). The van der Waals surface area contributed by atoms with Gasteiger partial charge in [-0.3, -0.25) is 0 Å². The molecule has 4 aromatic rings. The number of carbonyl (C=O) groups is 1. The lowest BCUT2D eigenvalue weighted by Gasteiger charge is -2.08. The van der Waals surface area contributed by atoms with E-state index in [1.165, 1.54) is 0 Å². The van der Waals surface area contributed by atoms with Gasteiger partial charge in [-0.15, -0.1) is 0 Å². The molecule has 0 atom stereocenters. The van der Waals surface area contributed by atoms with E-state index in [0.29, 0.717) is 17.3 Å². The molecular formula is C25H18ClF2NO3. The first-order chi connectivity index (χ1) is 15.4. The lowest BCUT2D eigenvalue weighted by Crippen LogP contribution is -2.08. The van der Waals surface area contributed by atoms with Gasteiger partial charge < -0.3 is 14.4 Å². The second-order valence-corrected chi connectivity index (χ2v) is 7.66. The molecule has 0 aliphatic rings. The normalized spacial score (nSPS) is 10.8. The predicted molar refractivity (Wildman–Crippen MR) is 118 cm³/mol. The Morgan fingerprint density at radius 1 is 0.938 bits per heavy atom. The van der Waals surface area contributed by atoms with E-state index in [1.807, 2.05) is 12.1 Å². The Kier molecular flexibility index (Phi) is 6.23. The summed E-state index contributed by atoms with van der Waals surface area (Å²) < 4.78 is 34.2. The van der Waals surface area contributed by atoms with Gasteiger partial charge in [-0.25, -0.2) is 13.6 Å². The molecule has 0 bridgehead atoms. The van der Waals surface area contributed by atoms with E-state index in [0.717, 1.165) is 34.9 Å². The third-order valence-corrected chi connectivity index (χ3v) is 5.22. The Bertz CT molecular complexity index is 1250. The van der Waals surface area contributed by atoms with E-state index >= 15 is 0 Å². The fourth-order valence-electron chi connectivity index (χ4n) is 3.32. The summed E-state index contributed by atoms with van der Waals surface area (Å²) in [5.41, 5.74) is 2.74. The van der Waals surface area contributed by atoms with E-state index in [-0.39, 0.29) is 17.9 Å². The Balaban J connectivity index is 1.51. The maximum atomic E-state index is 13.7. The number of carboxylic acids is 1. The van der Waals surface area contributed by atoms with Crippen molar-refractivity contribution in [2.45, 2.75) is 13.2 Å². The van der Waals surface area contributed by atoms with Gasteiger partial charge in [0, 0.05) is 28.9 Å². The zero-order valence-corrected chi connectivity index (χ0v) is 17.5. The number of nitrogens with zero attached hydrogens (tertiary/aromatic N) is 1. The topological polar surface area (TPSA) is 51.5 Å². The van der Waals surface area contributed by atoms with Gasteiger partial charge in [0.2, 0.25) is 0 Å². The molecule has 32 heavy (non-hydrogen) atoms. The van der Waals surface area contributed by atoms with Crippen LogP contribution in [0.1, 0.15) is 21.6 Å². The van der Waals surface area contributed by atoms with Crippen LogP contribution in [-0.2, 0) is 13.2 Å². The predicted octanol–water partition coefficient (Wildman–Crippen LogP) is 6.41. The Morgan fingerprint density at radius 3 is 2.34 bits per heavy atom. The molecule has 0 radical (unpaired) electrons. The second kappa shape index (κ2) is 9.24. The van der Waals surface area contributed by atoms with Crippen LogP contribution in [0.25, 0.3) is 11.1 Å². The molecule has 1 heterocycles. The molecule has 4 nitrogen and oxygen atoms in total. The van der Waals surface area contributed by atoms with E-state index in [1.54, 1.807) is 53.2 Å². The quantitative estimate of drug-likeness (QED) is 0.351. The van der Waals surface area contributed by atoms with Crippen molar-refractivity contribution in [2.75, 3.05) is 0 Å².